The number of aromatic nitrogens is 1. The molecule has 1 heterocycles. The minimum Gasteiger partial charge on any atom is -0.357 e. The predicted octanol–water partition coefficient (Wildman–Crippen LogP) is 2.51. The molecule has 0 bridgehead atoms. The molecule has 0 saturated carbocycles. The monoisotopic (exact) mass is 384 g/mol. The number of rotatable bonds is 4. The minimum atomic E-state index is 0. The van der Waals surface area contributed by atoms with Crippen LogP contribution in [-0.2, 0) is 20.1 Å². The topological polar surface area (TPSA) is 41.4 Å². The Balaban J connectivity index is 0.00000200. The number of aliphatic imine (C=N–C) groups is 1. The fourth-order valence-electron chi connectivity index (χ4n) is 1.85. The van der Waals surface area contributed by atoms with E-state index in [9.17, 15) is 0 Å². The summed E-state index contributed by atoms with van der Waals surface area (Å²) in [5.41, 5.74) is 2.48. The van der Waals surface area contributed by atoms with E-state index in [1.165, 1.54) is 11.1 Å². The molecular formula is C15H21IN4. The summed E-state index contributed by atoms with van der Waals surface area (Å²) in [7, 11) is 3.80. The van der Waals surface area contributed by atoms with E-state index in [2.05, 4.69) is 40.0 Å². The Morgan fingerprint density at radius 1 is 1.05 bits per heavy atom. The molecule has 1 aromatic carbocycles. The molecule has 108 valence electrons. The van der Waals surface area contributed by atoms with Crippen LogP contribution in [0.15, 0.2) is 53.8 Å². The highest BCUT2D eigenvalue weighted by atomic mass is 127. The summed E-state index contributed by atoms with van der Waals surface area (Å²) in [6.07, 6.45) is 4.13. The summed E-state index contributed by atoms with van der Waals surface area (Å²) in [4.78, 5) is 4.21. The van der Waals surface area contributed by atoms with Gasteiger partial charge in [-0.3, -0.25) is 4.99 Å². The van der Waals surface area contributed by atoms with Crippen LogP contribution < -0.4 is 10.6 Å². The fourth-order valence-corrected chi connectivity index (χ4v) is 1.85. The van der Waals surface area contributed by atoms with Crippen molar-refractivity contribution in [2.24, 2.45) is 12.0 Å². The number of nitrogens with zero attached hydrogens (tertiary/aromatic N) is 2. The van der Waals surface area contributed by atoms with Crippen LogP contribution in [-0.4, -0.2) is 17.6 Å². The lowest BCUT2D eigenvalue weighted by Crippen LogP contribution is -2.36. The second kappa shape index (κ2) is 8.63. The van der Waals surface area contributed by atoms with Crippen molar-refractivity contribution in [3.05, 3.63) is 59.9 Å². The maximum absolute atomic E-state index is 4.21. The summed E-state index contributed by atoms with van der Waals surface area (Å²) in [6.45, 7) is 1.55. The molecule has 20 heavy (non-hydrogen) atoms. The number of benzene rings is 1. The minimum absolute atomic E-state index is 0. The highest BCUT2D eigenvalue weighted by Gasteiger charge is 1.99. The standard InChI is InChI=1S/C15H20N4.HI/c1-16-15(17-10-13-6-4-3-5-7-13)18-11-14-8-9-19(2)12-14;/h3-9,12H,10-11H2,1-2H3,(H2,16,17,18);1H. The van der Waals surface area contributed by atoms with Gasteiger partial charge in [-0.1, -0.05) is 30.3 Å². The Bertz CT molecular complexity index is 534. The molecular weight excluding hydrogens is 363 g/mol. The van der Waals surface area contributed by atoms with Crippen molar-refractivity contribution < 1.29 is 0 Å². The van der Waals surface area contributed by atoms with Gasteiger partial charge in [-0.15, -0.1) is 24.0 Å². The number of aryl methyl sites for hydroxylation is 1. The van der Waals surface area contributed by atoms with Crippen LogP contribution in [0.2, 0.25) is 0 Å². The Hall–Kier alpha value is -1.50. The van der Waals surface area contributed by atoms with Crippen molar-refractivity contribution >= 4 is 29.9 Å². The van der Waals surface area contributed by atoms with Crippen LogP contribution in [0, 0.1) is 0 Å². The van der Waals surface area contributed by atoms with Gasteiger partial charge in [0.2, 0.25) is 0 Å². The highest BCUT2D eigenvalue weighted by molar-refractivity contribution is 14.0. The first kappa shape index (κ1) is 16.6. The molecule has 2 N–H and O–H groups in total. The van der Waals surface area contributed by atoms with Gasteiger partial charge in [-0.05, 0) is 17.2 Å². The zero-order chi connectivity index (χ0) is 13.5. The van der Waals surface area contributed by atoms with Crippen LogP contribution in [0.1, 0.15) is 11.1 Å². The van der Waals surface area contributed by atoms with E-state index < -0.39 is 0 Å². The third-order valence-electron chi connectivity index (χ3n) is 2.88. The predicted molar refractivity (Wildman–Crippen MR) is 94.3 cm³/mol. The SMILES string of the molecule is CN=C(NCc1ccccc1)NCc1ccn(C)c1.I. The molecule has 0 spiro atoms. The number of hydrogen-bond acceptors (Lipinski definition) is 1. The first-order valence-corrected chi connectivity index (χ1v) is 6.37. The van der Waals surface area contributed by atoms with Crippen molar-refractivity contribution in [3.8, 4) is 0 Å². The molecule has 0 radical (unpaired) electrons. The Kier molecular flexibility index (Phi) is 7.14. The van der Waals surface area contributed by atoms with Gasteiger partial charge in [-0.2, -0.15) is 0 Å². The smallest absolute Gasteiger partial charge is 0.191 e. The molecule has 4 nitrogen and oxygen atoms in total. The second-order valence-corrected chi connectivity index (χ2v) is 4.45. The van der Waals surface area contributed by atoms with Gasteiger partial charge in [0.05, 0.1) is 0 Å². The zero-order valence-electron chi connectivity index (χ0n) is 11.8. The van der Waals surface area contributed by atoms with Gasteiger partial charge >= 0.3 is 0 Å². The number of halogens is 1. The van der Waals surface area contributed by atoms with E-state index in [1.54, 1.807) is 7.05 Å². The second-order valence-electron chi connectivity index (χ2n) is 4.45. The molecule has 0 unspecified atom stereocenters. The van der Waals surface area contributed by atoms with Gasteiger partial charge in [0.25, 0.3) is 0 Å². The number of guanidine groups is 1. The maximum atomic E-state index is 4.21. The molecule has 0 amide bonds. The Labute approximate surface area is 137 Å². The van der Waals surface area contributed by atoms with Crippen LogP contribution in [0.4, 0.5) is 0 Å². The quantitative estimate of drug-likeness (QED) is 0.483. The Morgan fingerprint density at radius 3 is 2.25 bits per heavy atom. The van der Waals surface area contributed by atoms with Gasteiger partial charge in [-0.25, -0.2) is 0 Å². The first-order chi connectivity index (χ1) is 9.28. The van der Waals surface area contributed by atoms with Crippen molar-refractivity contribution in [2.75, 3.05) is 7.05 Å². The van der Waals surface area contributed by atoms with E-state index in [-0.39, 0.29) is 24.0 Å². The van der Waals surface area contributed by atoms with Crippen molar-refractivity contribution in [3.63, 3.8) is 0 Å². The van der Waals surface area contributed by atoms with Crippen molar-refractivity contribution in [1.82, 2.24) is 15.2 Å². The normalized spacial score (nSPS) is 10.8. The zero-order valence-corrected chi connectivity index (χ0v) is 14.2. The lowest BCUT2D eigenvalue weighted by molar-refractivity contribution is 0.806. The van der Waals surface area contributed by atoms with Crippen LogP contribution >= 0.6 is 24.0 Å². The van der Waals surface area contributed by atoms with E-state index in [1.807, 2.05) is 36.0 Å². The maximum Gasteiger partial charge on any atom is 0.191 e. The summed E-state index contributed by atoms with van der Waals surface area (Å²) in [5.74, 6) is 0.813. The summed E-state index contributed by atoms with van der Waals surface area (Å²) in [5, 5.41) is 6.59. The third-order valence-corrected chi connectivity index (χ3v) is 2.88. The number of hydrogen-bond donors (Lipinski definition) is 2. The van der Waals surface area contributed by atoms with E-state index in [0.29, 0.717) is 0 Å². The molecule has 5 heteroatoms. The van der Waals surface area contributed by atoms with Gasteiger partial charge in [0.1, 0.15) is 0 Å². The summed E-state index contributed by atoms with van der Waals surface area (Å²) in [6, 6.07) is 12.4. The lowest BCUT2D eigenvalue weighted by atomic mass is 10.2. The fraction of sp³-hybridized carbons (Fsp3) is 0.267. The largest absolute Gasteiger partial charge is 0.357 e. The molecule has 2 aromatic rings. The van der Waals surface area contributed by atoms with E-state index in [4.69, 9.17) is 0 Å². The van der Waals surface area contributed by atoms with Crippen LogP contribution in [0.3, 0.4) is 0 Å². The highest BCUT2D eigenvalue weighted by Crippen LogP contribution is 1.99. The average molecular weight is 384 g/mol. The van der Waals surface area contributed by atoms with Gasteiger partial charge < -0.3 is 15.2 Å². The molecule has 0 saturated heterocycles. The van der Waals surface area contributed by atoms with E-state index >= 15 is 0 Å². The molecule has 0 aliphatic carbocycles. The summed E-state index contributed by atoms with van der Waals surface area (Å²) >= 11 is 0. The first-order valence-electron chi connectivity index (χ1n) is 6.37. The Morgan fingerprint density at radius 2 is 1.70 bits per heavy atom. The molecule has 2 rings (SSSR count). The van der Waals surface area contributed by atoms with Crippen molar-refractivity contribution in [1.29, 1.82) is 0 Å². The van der Waals surface area contributed by atoms with E-state index in [0.717, 1.165) is 19.0 Å². The van der Waals surface area contributed by atoms with Gasteiger partial charge in [0, 0.05) is 39.6 Å². The van der Waals surface area contributed by atoms with Crippen molar-refractivity contribution in [2.45, 2.75) is 13.1 Å². The summed E-state index contributed by atoms with van der Waals surface area (Å²) < 4.78 is 2.04. The average Bonchev–Trinajstić information content (AvgIpc) is 2.86. The molecule has 0 atom stereocenters. The van der Waals surface area contributed by atoms with Gasteiger partial charge in [0.15, 0.2) is 5.96 Å². The number of nitrogens with one attached hydrogen (secondary N) is 2. The molecule has 0 fully saturated rings. The molecule has 0 aliphatic rings. The molecule has 0 aliphatic heterocycles. The van der Waals surface area contributed by atoms with Crippen LogP contribution in [0.5, 0.6) is 0 Å². The lowest BCUT2D eigenvalue weighted by Gasteiger charge is -2.11. The third kappa shape index (κ3) is 5.24. The van der Waals surface area contributed by atoms with Crippen LogP contribution in [0.25, 0.3) is 0 Å². The molecule has 1 aromatic heterocycles.